The molecule has 0 saturated heterocycles. The standard InChI is InChI=1S/C8H7ClF2O/c9-6-1-2-7(10)8(11)5(6)3-4-12/h1-2,12H,3-4H2. The molecule has 1 aromatic rings. The molecule has 0 aliphatic rings. The molecule has 1 rings (SSSR count). The van der Waals surface area contributed by atoms with Crippen LogP contribution >= 0.6 is 11.6 Å². The van der Waals surface area contributed by atoms with E-state index in [-0.39, 0.29) is 23.6 Å². The molecule has 0 bridgehead atoms. The van der Waals surface area contributed by atoms with Crippen LogP contribution in [0.2, 0.25) is 5.02 Å². The van der Waals surface area contributed by atoms with Gasteiger partial charge in [-0.25, -0.2) is 8.78 Å². The summed E-state index contributed by atoms with van der Waals surface area (Å²) >= 11 is 5.56. The molecular weight excluding hydrogens is 186 g/mol. The number of aliphatic hydroxyl groups excluding tert-OH is 1. The maximum atomic E-state index is 12.9. The number of benzene rings is 1. The fourth-order valence-corrected chi connectivity index (χ4v) is 1.15. The Balaban J connectivity index is 3.14. The fourth-order valence-electron chi connectivity index (χ4n) is 0.910. The molecule has 0 atom stereocenters. The van der Waals surface area contributed by atoms with E-state index < -0.39 is 11.6 Å². The zero-order valence-corrected chi connectivity index (χ0v) is 6.91. The van der Waals surface area contributed by atoms with Gasteiger partial charge < -0.3 is 5.11 Å². The van der Waals surface area contributed by atoms with Gasteiger partial charge in [-0.1, -0.05) is 11.6 Å². The molecule has 0 unspecified atom stereocenters. The Hall–Kier alpha value is -0.670. The normalized spacial score (nSPS) is 10.3. The van der Waals surface area contributed by atoms with Crippen LogP contribution in [0.3, 0.4) is 0 Å². The Morgan fingerprint density at radius 3 is 2.58 bits per heavy atom. The van der Waals surface area contributed by atoms with Gasteiger partial charge in [0.2, 0.25) is 0 Å². The SMILES string of the molecule is OCCc1c(Cl)ccc(F)c1F. The molecule has 0 saturated carbocycles. The first-order valence-electron chi connectivity index (χ1n) is 3.40. The second-order valence-electron chi connectivity index (χ2n) is 2.30. The minimum absolute atomic E-state index is 0.0270. The smallest absolute Gasteiger partial charge is 0.163 e. The number of rotatable bonds is 2. The van der Waals surface area contributed by atoms with Gasteiger partial charge in [-0.05, 0) is 18.6 Å². The predicted molar refractivity (Wildman–Crippen MR) is 42.2 cm³/mol. The van der Waals surface area contributed by atoms with Crippen molar-refractivity contribution in [3.05, 3.63) is 34.4 Å². The molecule has 0 spiro atoms. The maximum absolute atomic E-state index is 12.9. The van der Waals surface area contributed by atoms with Crippen LogP contribution in [-0.2, 0) is 6.42 Å². The summed E-state index contributed by atoms with van der Waals surface area (Å²) in [6.45, 7) is -0.250. The summed E-state index contributed by atoms with van der Waals surface area (Å²) < 4.78 is 25.4. The summed E-state index contributed by atoms with van der Waals surface area (Å²) in [5.41, 5.74) is 0.0270. The van der Waals surface area contributed by atoms with Crippen molar-refractivity contribution in [1.29, 1.82) is 0 Å². The van der Waals surface area contributed by atoms with Crippen molar-refractivity contribution in [3.63, 3.8) is 0 Å². The van der Waals surface area contributed by atoms with Gasteiger partial charge in [-0.3, -0.25) is 0 Å². The molecule has 4 heteroatoms. The van der Waals surface area contributed by atoms with Crippen molar-refractivity contribution in [2.75, 3.05) is 6.61 Å². The summed E-state index contributed by atoms with van der Waals surface area (Å²) in [7, 11) is 0. The molecule has 0 aromatic heterocycles. The number of halogens is 3. The van der Waals surface area contributed by atoms with Crippen LogP contribution in [0.25, 0.3) is 0 Å². The Morgan fingerprint density at radius 2 is 2.00 bits per heavy atom. The average molecular weight is 193 g/mol. The Morgan fingerprint density at radius 1 is 1.33 bits per heavy atom. The first kappa shape index (κ1) is 9.42. The Bertz CT molecular complexity index is 289. The van der Waals surface area contributed by atoms with Gasteiger partial charge in [0, 0.05) is 17.2 Å². The third kappa shape index (κ3) is 1.73. The summed E-state index contributed by atoms with van der Waals surface area (Å²) in [5.74, 6) is -1.92. The number of hydrogen-bond donors (Lipinski definition) is 1. The average Bonchev–Trinajstić information content (AvgIpc) is 2.06. The monoisotopic (exact) mass is 192 g/mol. The van der Waals surface area contributed by atoms with E-state index in [1.165, 1.54) is 6.07 Å². The lowest BCUT2D eigenvalue weighted by atomic mass is 10.1. The first-order valence-corrected chi connectivity index (χ1v) is 3.78. The lowest BCUT2D eigenvalue weighted by Crippen LogP contribution is -1.98. The second-order valence-corrected chi connectivity index (χ2v) is 2.70. The van der Waals surface area contributed by atoms with E-state index in [1.54, 1.807) is 0 Å². The molecular formula is C8H7ClF2O. The van der Waals surface area contributed by atoms with E-state index in [2.05, 4.69) is 0 Å². The van der Waals surface area contributed by atoms with Crippen LogP contribution in [0, 0.1) is 11.6 Å². The van der Waals surface area contributed by atoms with Gasteiger partial charge in [-0.15, -0.1) is 0 Å². The largest absolute Gasteiger partial charge is 0.396 e. The lowest BCUT2D eigenvalue weighted by Gasteiger charge is -2.03. The van der Waals surface area contributed by atoms with Crippen LogP contribution in [-0.4, -0.2) is 11.7 Å². The maximum Gasteiger partial charge on any atom is 0.163 e. The van der Waals surface area contributed by atoms with Crippen LogP contribution < -0.4 is 0 Å². The van der Waals surface area contributed by atoms with Crippen molar-refractivity contribution in [2.45, 2.75) is 6.42 Å². The molecule has 0 aliphatic carbocycles. The third-order valence-electron chi connectivity index (χ3n) is 1.50. The number of hydrogen-bond acceptors (Lipinski definition) is 1. The van der Waals surface area contributed by atoms with E-state index >= 15 is 0 Å². The number of aliphatic hydroxyl groups is 1. The summed E-state index contributed by atoms with van der Waals surface area (Å²) in [5, 5.41) is 8.65. The summed E-state index contributed by atoms with van der Waals surface area (Å²) in [6, 6.07) is 2.23. The molecule has 66 valence electrons. The molecule has 0 amide bonds. The van der Waals surface area contributed by atoms with Gasteiger partial charge in [0.25, 0.3) is 0 Å². The zero-order chi connectivity index (χ0) is 9.14. The molecule has 0 radical (unpaired) electrons. The van der Waals surface area contributed by atoms with Crippen molar-refractivity contribution in [2.24, 2.45) is 0 Å². The van der Waals surface area contributed by atoms with E-state index in [0.717, 1.165) is 6.07 Å². The van der Waals surface area contributed by atoms with Crippen molar-refractivity contribution in [1.82, 2.24) is 0 Å². The quantitative estimate of drug-likeness (QED) is 0.712. The van der Waals surface area contributed by atoms with Gasteiger partial charge in [0.15, 0.2) is 11.6 Å². The second kappa shape index (κ2) is 3.83. The lowest BCUT2D eigenvalue weighted by molar-refractivity contribution is 0.297. The zero-order valence-electron chi connectivity index (χ0n) is 6.15. The van der Waals surface area contributed by atoms with Crippen LogP contribution in [0.5, 0.6) is 0 Å². The van der Waals surface area contributed by atoms with Crippen LogP contribution in [0.15, 0.2) is 12.1 Å². The van der Waals surface area contributed by atoms with E-state index in [0.29, 0.717) is 0 Å². The van der Waals surface area contributed by atoms with Gasteiger partial charge in [-0.2, -0.15) is 0 Å². The molecule has 0 aliphatic heterocycles. The van der Waals surface area contributed by atoms with E-state index in [9.17, 15) is 8.78 Å². The van der Waals surface area contributed by atoms with E-state index in [1.807, 2.05) is 0 Å². The van der Waals surface area contributed by atoms with E-state index in [4.69, 9.17) is 16.7 Å². The van der Waals surface area contributed by atoms with Gasteiger partial charge in [0.1, 0.15) is 0 Å². The highest BCUT2D eigenvalue weighted by molar-refractivity contribution is 6.31. The van der Waals surface area contributed by atoms with Gasteiger partial charge >= 0.3 is 0 Å². The minimum atomic E-state index is -0.975. The summed E-state index contributed by atoms with van der Waals surface area (Å²) in [6.07, 6.45) is 0.0302. The summed E-state index contributed by atoms with van der Waals surface area (Å²) in [4.78, 5) is 0. The van der Waals surface area contributed by atoms with Crippen molar-refractivity contribution < 1.29 is 13.9 Å². The highest BCUT2D eigenvalue weighted by atomic mass is 35.5. The molecule has 1 aromatic carbocycles. The Labute approximate surface area is 73.6 Å². The van der Waals surface area contributed by atoms with Crippen LogP contribution in [0.4, 0.5) is 8.78 Å². The highest BCUT2D eigenvalue weighted by Crippen LogP contribution is 2.21. The predicted octanol–water partition coefficient (Wildman–Crippen LogP) is 2.15. The molecule has 1 N–H and O–H groups in total. The molecule has 0 heterocycles. The molecule has 12 heavy (non-hydrogen) atoms. The molecule has 0 fully saturated rings. The first-order chi connectivity index (χ1) is 5.66. The molecule has 1 nitrogen and oxygen atoms in total. The van der Waals surface area contributed by atoms with Crippen LogP contribution in [0.1, 0.15) is 5.56 Å². The third-order valence-corrected chi connectivity index (χ3v) is 1.85. The van der Waals surface area contributed by atoms with Crippen molar-refractivity contribution in [3.8, 4) is 0 Å². The highest BCUT2D eigenvalue weighted by Gasteiger charge is 2.10. The van der Waals surface area contributed by atoms with Crippen molar-refractivity contribution >= 4 is 11.6 Å². The fraction of sp³-hybridized carbons (Fsp3) is 0.250. The van der Waals surface area contributed by atoms with Gasteiger partial charge in [0.05, 0.1) is 0 Å². The minimum Gasteiger partial charge on any atom is -0.396 e. The Kier molecular flexibility index (Phi) is 3.00. The topological polar surface area (TPSA) is 20.2 Å².